The number of rotatable bonds is 1. The molecule has 6 nitrogen and oxygen atoms in total. The number of aromatic nitrogens is 3. The summed E-state index contributed by atoms with van der Waals surface area (Å²) in [4.78, 5) is 13.9. The molecule has 6 heteroatoms. The highest BCUT2D eigenvalue weighted by molar-refractivity contribution is 5.92. The van der Waals surface area contributed by atoms with E-state index in [0.717, 1.165) is 0 Å². The van der Waals surface area contributed by atoms with Crippen LogP contribution in [0.5, 0.6) is 0 Å². The number of hydrogen-bond donors (Lipinski definition) is 0. The molecule has 15 heavy (non-hydrogen) atoms. The minimum absolute atomic E-state index is 0.0294. The highest BCUT2D eigenvalue weighted by Gasteiger charge is 2.26. The maximum Gasteiger partial charge on any atom is 0.274 e. The van der Waals surface area contributed by atoms with E-state index in [2.05, 4.69) is 10.3 Å². The van der Waals surface area contributed by atoms with Crippen molar-refractivity contribution < 1.29 is 9.53 Å². The first-order valence-corrected chi connectivity index (χ1v) is 4.93. The minimum atomic E-state index is -0.0294. The van der Waals surface area contributed by atoms with Crippen LogP contribution in [0, 0.1) is 0 Å². The van der Waals surface area contributed by atoms with E-state index in [-0.39, 0.29) is 11.9 Å². The zero-order valence-electron chi connectivity index (χ0n) is 8.88. The Labute approximate surface area is 87.8 Å². The molecule has 1 saturated heterocycles. The van der Waals surface area contributed by atoms with E-state index >= 15 is 0 Å². The third-order valence-corrected chi connectivity index (χ3v) is 2.56. The maximum atomic E-state index is 12.1. The second-order valence-electron chi connectivity index (χ2n) is 3.67. The molecule has 0 aromatic carbocycles. The van der Waals surface area contributed by atoms with Gasteiger partial charge in [-0.15, -0.1) is 5.10 Å². The van der Waals surface area contributed by atoms with Crippen molar-refractivity contribution >= 4 is 5.91 Å². The van der Waals surface area contributed by atoms with E-state index < -0.39 is 0 Å². The number of aryl methyl sites for hydroxylation is 1. The Morgan fingerprint density at radius 1 is 1.67 bits per heavy atom. The van der Waals surface area contributed by atoms with Crippen LogP contribution >= 0.6 is 0 Å². The van der Waals surface area contributed by atoms with E-state index in [1.165, 1.54) is 10.9 Å². The number of nitrogens with zero attached hydrogens (tertiary/aromatic N) is 4. The largest absolute Gasteiger partial charge is 0.377 e. The van der Waals surface area contributed by atoms with Crippen molar-refractivity contribution in [2.45, 2.75) is 13.0 Å². The van der Waals surface area contributed by atoms with Gasteiger partial charge in [0.15, 0.2) is 0 Å². The van der Waals surface area contributed by atoms with Crippen molar-refractivity contribution in [1.82, 2.24) is 19.9 Å². The van der Waals surface area contributed by atoms with Crippen molar-refractivity contribution in [3.05, 3.63) is 11.9 Å². The third kappa shape index (κ3) is 1.85. The highest BCUT2D eigenvalue weighted by atomic mass is 16.5. The van der Waals surface area contributed by atoms with Gasteiger partial charge in [0.25, 0.3) is 5.91 Å². The molecular weight excluding hydrogens is 196 g/mol. The number of morpholine rings is 1. The van der Waals surface area contributed by atoms with Crippen LogP contribution in [0.2, 0.25) is 0 Å². The topological polar surface area (TPSA) is 60.2 Å². The van der Waals surface area contributed by atoms with Crippen molar-refractivity contribution in [3.63, 3.8) is 0 Å². The van der Waals surface area contributed by atoms with Gasteiger partial charge in [-0.2, -0.15) is 0 Å². The van der Waals surface area contributed by atoms with E-state index in [1.807, 2.05) is 6.92 Å². The van der Waals surface area contributed by atoms with E-state index in [9.17, 15) is 4.79 Å². The Morgan fingerprint density at radius 3 is 3.07 bits per heavy atom. The van der Waals surface area contributed by atoms with Crippen molar-refractivity contribution in [3.8, 4) is 0 Å². The summed E-state index contributed by atoms with van der Waals surface area (Å²) in [5.41, 5.74) is 0.517. The lowest BCUT2D eigenvalue weighted by Crippen LogP contribution is -2.47. The lowest BCUT2D eigenvalue weighted by atomic mass is 10.2. The van der Waals surface area contributed by atoms with Crippen molar-refractivity contribution in [2.24, 2.45) is 7.05 Å². The molecule has 0 spiro atoms. The van der Waals surface area contributed by atoms with Crippen LogP contribution in [-0.4, -0.2) is 51.6 Å². The van der Waals surface area contributed by atoms with Crippen LogP contribution < -0.4 is 0 Å². The number of amides is 1. The molecule has 1 aliphatic heterocycles. The first-order valence-electron chi connectivity index (χ1n) is 4.93. The van der Waals surface area contributed by atoms with Crippen molar-refractivity contribution in [2.75, 3.05) is 19.8 Å². The molecule has 0 unspecified atom stereocenters. The molecule has 1 atom stereocenters. The SMILES string of the molecule is C[C@@H]1COCCN1C(=O)c1cnnn1C. The lowest BCUT2D eigenvalue weighted by molar-refractivity contribution is 0.00300. The summed E-state index contributed by atoms with van der Waals surface area (Å²) in [5.74, 6) is -0.0294. The van der Waals surface area contributed by atoms with Crippen LogP contribution in [-0.2, 0) is 11.8 Å². The predicted octanol–water partition coefficient (Wildman–Crippen LogP) is -0.324. The summed E-state index contributed by atoms with van der Waals surface area (Å²) in [7, 11) is 1.71. The molecule has 1 aliphatic rings. The van der Waals surface area contributed by atoms with Gasteiger partial charge < -0.3 is 9.64 Å². The molecule has 2 rings (SSSR count). The van der Waals surface area contributed by atoms with Gasteiger partial charge in [-0.25, -0.2) is 4.68 Å². The quantitative estimate of drug-likeness (QED) is 0.637. The van der Waals surface area contributed by atoms with Gasteiger partial charge in [-0.3, -0.25) is 4.79 Å². The maximum absolute atomic E-state index is 12.1. The second-order valence-corrected chi connectivity index (χ2v) is 3.67. The fourth-order valence-corrected chi connectivity index (χ4v) is 1.66. The summed E-state index contributed by atoms with van der Waals surface area (Å²) in [5, 5.41) is 7.44. The molecule has 1 aromatic heterocycles. The Morgan fingerprint density at radius 2 is 2.47 bits per heavy atom. The summed E-state index contributed by atoms with van der Waals surface area (Å²) in [6, 6.07) is 0.112. The van der Waals surface area contributed by atoms with Gasteiger partial charge in [-0.05, 0) is 6.92 Å². The zero-order valence-corrected chi connectivity index (χ0v) is 8.88. The molecule has 1 amide bonds. The first-order chi connectivity index (χ1) is 7.20. The van der Waals surface area contributed by atoms with Gasteiger partial charge in [0.1, 0.15) is 5.69 Å². The molecule has 0 N–H and O–H groups in total. The molecule has 0 bridgehead atoms. The highest BCUT2D eigenvalue weighted by Crippen LogP contribution is 2.10. The van der Waals surface area contributed by atoms with Gasteiger partial charge in [0, 0.05) is 13.6 Å². The molecule has 82 valence electrons. The number of carbonyl (C=O) groups is 1. The predicted molar refractivity (Wildman–Crippen MR) is 52.3 cm³/mol. The van der Waals surface area contributed by atoms with Gasteiger partial charge in [0.05, 0.1) is 25.5 Å². The Kier molecular flexibility index (Phi) is 2.68. The third-order valence-electron chi connectivity index (χ3n) is 2.56. The van der Waals surface area contributed by atoms with Crippen LogP contribution in [0.3, 0.4) is 0 Å². The zero-order chi connectivity index (χ0) is 10.8. The minimum Gasteiger partial charge on any atom is -0.377 e. The van der Waals surface area contributed by atoms with Crippen LogP contribution in [0.1, 0.15) is 17.4 Å². The molecule has 0 aliphatic carbocycles. The average Bonchev–Trinajstić information content (AvgIpc) is 2.64. The lowest BCUT2D eigenvalue weighted by Gasteiger charge is -2.33. The van der Waals surface area contributed by atoms with Gasteiger partial charge >= 0.3 is 0 Å². The summed E-state index contributed by atoms with van der Waals surface area (Å²) in [6.45, 7) is 3.80. The van der Waals surface area contributed by atoms with E-state index in [4.69, 9.17) is 4.74 Å². The fraction of sp³-hybridized carbons (Fsp3) is 0.667. The van der Waals surface area contributed by atoms with E-state index in [1.54, 1.807) is 11.9 Å². The first kappa shape index (κ1) is 10.1. The van der Waals surface area contributed by atoms with Crippen LogP contribution in [0.4, 0.5) is 0 Å². The monoisotopic (exact) mass is 210 g/mol. The molecule has 0 radical (unpaired) electrons. The smallest absolute Gasteiger partial charge is 0.274 e. The molecular formula is C9H14N4O2. The normalized spacial score (nSPS) is 21.7. The number of hydrogen-bond acceptors (Lipinski definition) is 4. The Hall–Kier alpha value is -1.43. The second kappa shape index (κ2) is 3.98. The Bertz CT molecular complexity index is 363. The number of ether oxygens (including phenoxy) is 1. The average molecular weight is 210 g/mol. The summed E-state index contributed by atoms with van der Waals surface area (Å²) >= 11 is 0. The Balaban J connectivity index is 2.17. The summed E-state index contributed by atoms with van der Waals surface area (Å²) < 4.78 is 6.77. The van der Waals surface area contributed by atoms with E-state index in [0.29, 0.717) is 25.5 Å². The summed E-state index contributed by atoms with van der Waals surface area (Å²) in [6.07, 6.45) is 1.49. The molecule has 1 aromatic rings. The van der Waals surface area contributed by atoms with Gasteiger partial charge in [-0.1, -0.05) is 5.21 Å². The van der Waals surface area contributed by atoms with Crippen LogP contribution in [0.15, 0.2) is 6.20 Å². The van der Waals surface area contributed by atoms with Gasteiger partial charge in [0.2, 0.25) is 0 Å². The molecule has 2 heterocycles. The van der Waals surface area contributed by atoms with Crippen molar-refractivity contribution in [1.29, 1.82) is 0 Å². The fourth-order valence-electron chi connectivity index (χ4n) is 1.66. The standard InChI is InChI=1S/C9H14N4O2/c1-7-6-15-4-3-13(7)9(14)8-5-10-11-12(8)2/h5,7H,3-4,6H2,1-2H3/t7-/m1/s1. The molecule has 0 saturated carbocycles. The number of carbonyl (C=O) groups excluding carboxylic acids is 1. The van der Waals surface area contributed by atoms with Crippen LogP contribution in [0.25, 0.3) is 0 Å². The molecule has 1 fully saturated rings.